The zero-order valence-corrected chi connectivity index (χ0v) is 13.7. The van der Waals surface area contributed by atoms with E-state index in [4.69, 9.17) is 0 Å². The van der Waals surface area contributed by atoms with Crippen molar-refractivity contribution < 1.29 is 4.79 Å². The van der Waals surface area contributed by atoms with Crippen LogP contribution in [-0.2, 0) is 19.4 Å². The van der Waals surface area contributed by atoms with Crippen LogP contribution in [0.15, 0.2) is 30.3 Å². The molecule has 1 aliphatic carbocycles. The Labute approximate surface area is 135 Å². The van der Waals surface area contributed by atoms with Gasteiger partial charge in [0, 0.05) is 22.3 Å². The molecule has 0 bridgehead atoms. The third-order valence-electron chi connectivity index (χ3n) is 4.82. The van der Waals surface area contributed by atoms with Crippen LogP contribution in [0.3, 0.4) is 0 Å². The molecule has 4 rings (SSSR count). The molecule has 0 N–H and O–H groups in total. The van der Waals surface area contributed by atoms with Crippen LogP contribution in [0.25, 0.3) is 10.9 Å². The van der Waals surface area contributed by atoms with Crippen LogP contribution < -0.4 is 0 Å². The van der Waals surface area contributed by atoms with Crippen LogP contribution >= 0.6 is 0 Å². The quantitative estimate of drug-likeness (QED) is 0.724. The number of hydrogen-bond acceptors (Lipinski definition) is 2. The smallest absolute Gasteiger partial charge is 0.267 e. The van der Waals surface area contributed by atoms with E-state index in [-0.39, 0.29) is 5.91 Å². The zero-order chi connectivity index (χ0) is 16.0. The first-order chi connectivity index (χ1) is 11.1. The molecule has 1 aromatic carbocycles. The van der Waals surface area contributed by atoms with E-state index in [1.165, 1.54) is 35.0 Å². The van der Waals surface area contributed by atoms with E-state index in [1.54, 1.807) is 4.68 Å². The van der Waals surface area contributed by atoms with Gasteiger partial charge in [-0.25, -0.2) is 4.68 Å². The lowest BCUT2D eigenvalue weighted by Crippen LogP contribution is -2.22. The molecule has 0 unspecified atom stereocenters. The lowest BCUT2D eigenvalue weighted by molar-refractivity contribution is 0.0872. The summed E-state index contributed by atoms with van der Waals surface area (Å²) in [5.41, 5.74) is 5.74. The number of carbonyl (C=O) groups is 1. The highest BCUT2D eigenvalue weighted by atomic mass is 16.2. The Balaban J connectivity index is 1.80. The molecule has 0 amide bonds. The Kier molecular flexibility index (Phi) is 3.33. The first-order valence-corrected chi connectivity index (χ1v) is 8.30. The number of carbonyl (C=O) groups excluding carboxylic acids is 1. The summed E-state index contributed by atoms with van der Waals surface area (Å²) in [6, 6.07) is 10.4. The van der Waals surface area contributed by atoms with Gasteiger partial charge in [-0.05, 0) is 57.2 Å². The highest BCUT2D eigenvalue weighted by molar-refractivity contribution is 5.88. The van der Waals surface area contributed by atoms with Crippen LogP contribution in [-0.4, -0.2) is 20.3 Å². The topological polar surface area (TPSA) is 39.8 Å². The van der Waals surface area contributed by atoms with Crippen molar-refractivity contribution in [2.75, 3.05) is 0 Å². The minimum Gasteiger partial charge on any atom is -0.335 e. The molecule has 0 fully saturated rings. The second-order valence-electron chi connectivity index (χ2n) is 6.47. The van der Waals surface area contributed by atoms with Crippen LogP contribution in [0, 0.1) is 13.8 Å². The molecule has 0 aliphatic heterocycles. The Morgan fingerprint density at radius 3 is 2.74 bits per heavy atom. The Morgan fingerprint density at radius 2 is 1.96 bits per heavy atom. The van der Waals surface area contributed by atoms with Gasteiger partial charge in [0.15, 0.2) is 0 Å². The fourth-order valence-corrected chi connectivity index (χ4v) is 3.85. The molecule has 2 aromatic heterocycles. The maximum Gasteiger partial charge on any atom is 0.267 e. The molecule has 0 spiro atoms. The third kappa shape index (κ3) is 2.29. The molecule has 4 heteroatoms. The van der Waals surface area contributed by atoms with Gasteiger partial charge in [0.1, 0.15) is 6.54 Å². The molecule has 1 aliphatic rings. The first kappa shape index (κ1) is 14.2. The average molecular weight is 307 g/mol. The molecular weight excluding hydrogens is 286 g/mol. The third-order valence-corrected chi connectivity index (χ3v) is 4.82. The molecule has 0 atom stereocenters. The summed E-state index contributed by atoms with van der Waals surface area (Å²) in [7, 11) is 0. The van der Waals surface area contributed by atoms with Gasteiger partial charge in [0.25, 0.3) is 5.91 Å². The van der Waals surface area contributed by atoms with Crippen LogP contribution in [0.5, 0.6) is 0 Å². The number of aromatic nitrogens is 3. The van der Waals surface area contributed by atoms with Gasteiger partial charge in [-0.1, -0.05) is 18.2 Å². The van der Waals surface area contributed by atoms with Crippen LogP contribution in [0.1, 0.15) is 40.3 Å². The standard InChI is InChI=1S/C19H21N3O/c1-13-11-14(2)22(20-13)19(23)12-21-17-9-5-3-7-15(17)16-8-4-6-10-18(16)21/h3,5,7,9,11H,4,6,8,10,12H2,1-2H3. The number of fused-ring (bicyclic) bond motifs is 3. The fraction of sp³-hybridized carbons (Fsp3) is 0.368. The second kappa shape index (κ2) is 5.37. The molecule has 2 heterocycles. The summed E-state index contributed by atoms with van der Waals surface area (Å²) < 4.78 is 3.75. The zero-order valence-electron chi connectivity index (χ0n) is 13.7. The van der Waals surface area contributed by atoms with Crippen molar-refractivity contribution in [1.29, 1.82) is 0 Å². The van der Waals surface area contributed by atoms with Gasteiger partial charge in [0.2, 0.25) is 0 Å². The van der Waals surface area contributed by atoms with Gasteiger partial charge in [-0.2, -0.15) is 5.10 Å². The van der Waals surface area contributed by atoms with Gasteiger partial charge < -0.3 is 4.57 Å². The van der Waals surface area contributed by atoms with Crippen molar-refractivity contribution in [1.82, 2.24) is 14.3 Å². The number of benzene rings is 1. The lowest BCUT2D eigenvalue weighted by Gasteiger charge is -2.15. The van der Waals surface area contributed by atoms with Crippen LogP contribution in [0.4, 0.5) is 0 Å². The molecule has 23 heavy (non-hydrogen) atoms. The van der Waals surface area contributed by atoms with Gasteiger partial charge in [-0.15, -0.1) is 0 Å². The number of para-hydroxylation sites is 1. The van der Waals surface area contributed by atoms with Crippen molar-refractivity contribution >= 4 is 16.8 Å². The minimum absolute atomic E-state index is 0.0322. The average Bonchev–Trinajstić information content (AvgIpc) is 3.06. The predicted octanol–water partition coefficient (Wildman–Crippen LogP) is 3.67. The number of rotatable bonds is 2. The SMILES string of the molecule is Cc1cc(C)n(C(=O)Cn2c3c(c4ccccc42)CCCC3)n1. The molecule has 3 aromatic rings. The van der Waals surface area contributed by atoms with E-state index >= 15 is 0 Å². The van der Waals surface area contributed by atoms with Gasteiger partial charge in [-0.3, -0.25) is 4.79 Å². The lowest BCUT2D eigenvalue weighted by atomic mass is 9.96. The highest BCUT2D eigenvalue weighted by Gasteiger charge is 2.21. The van der Waals surface area contributed by atoms with E-state index in [9.17, 15) is 4.79 Å². The van der Waals surface area contributed by atoms with E-state index in [2.05, 4.69) is 33.9 Å². The van der Waals surface area contributed by atoms with E-state index in [0.29, 0.717) is 6.54 Å². The summed E-state index contributed by atoms with van der Waals surface area (Å²) in [6.45, 7) is 4.21. The Morgan fingerprint density at radius 1 is 1.17 bits per heavy atom. The minimum atomic E-state index is 0.0322. The maximum atomic E-state index is 12.8. The molecule has 0 saturated heterocycles. The summed E-state index contributed by atoms with van der Waals surface area (Å²) in [5.74, 6) is 0.0322. The fourth-order valence-electron chi connectivity index (χ4n) is 3.85. The summed E-state index contributed by atoms with van der Waals surface area (Å²) in [5, 5.41) is 5.65. The van der Waals surface area contributed by atoms with Crippen LogP contribution in [0.2, 0.25) is 0 Å². The van der Waals surface area contributed by atoms with Crippen molar-refractivity contribution in [2.45, 2.75) is 46.1 Å². The maximum absolute atomic E-state index is 12.8. The van der Waals surface area contributed by atoms with E-state index in [0.717, 1.165) is 24.2 Å². The molecule has 118 valence electrons. The Bertz CT molecular complexity index is 901. The molecule has 0 radical (unpaired) electrons. The van der Waals surface area contributed by atoms with Crippen molar-refractivity contribution in [3.8, 4) is 0 Å². The normalized spacial score (nSPS) is 14.2. The molecular formula is C19H21N3O. The van der Waals surface area contributed by atoms with Crippen molar-refractivity contribution in [3.05, 3.63) is 53.0 Å². The van der Waals surface area contributed by atoms with E-state index in [1.807, 2.05) is 19.9 Å². The van der Waals surface area contributed by atoms with E-state index < -0.39 is 0 Å². The summed E-state index contributed by atoms with van der Waals surface area (Å²) in [6.07, 6.45) is 4.63. The number of aryl methyl sites for hydroxylation is 3. The van der Waals surface area contributed by atoms with Crippen molar-refractivity contribution in [3.63, 3.8) is 0 Å². The molecule has 4 nitrogen and oxygen atoms in total. The first-order valence-electron chi connectivity index (χ1n) is 8.30. The predicted molar refractivity (Wildman–Crippen MR) is 90.9 cm³/mol. The summed E-state index contributed by atoms with van der Waals surface area (Å²) in [4.78, 5) is 12.8. The summed E-state index contributed by atoms with van der Waals surface area (Å²) >= 11 is 0. The number of hydrogen-bond donors (Lipinski definition) is 0. The monoisotopic (exact) mass is 307 g/mol. The molecule has 0 saturated carbocycles. The number of nitrogens with zero attached hydrogens (tertiary/aromatic N) is 3. The van der Waals surface area contributed by atoms with Gasteiger partial charge in [0.05, 0.1) is 5.69 Å². The van der Waals surface area contributed by atoms with Gasteiger partial charge >= 0.3 is 0 Å². The largest absolute Gasteiger partial charge is 0.335 e. The highest BCUT2D eigenvalue weighted by Crippen LogP contribution is 2.32. The second-order valence-corrected chi connectivity index (χ2v) is 6.47. The Hall–Kier alpha value is -2.36. The van der Waals surface area contributed by atoms with Crippen molar-refractivity contribution in [2.24, 2.45) is 0 Å².